The average molecular weight is 254 g/mol. The molecular formula is C14H22O2S. The Kier molecular flexibility index (Phi) is 5.86. The number of hydrogen-bond acceptors (Lipinski definition) is 3. The lowest BCUT2D eigenvalue weighted by molar-refractivity contribution is 0.174. The van der Waals surface area contributed by atoms with Crippen molar-refractivity contribution in [1.29, 1.82) is 0 Å². The summed E-state index contributed by atoms with van der Waals surface area (Å²) < 4.78 is 5.27. The summed E-state index contributed by atoms with van der Waals surface area (Å²) in [4.78, 5) is 0. The highest BCUT2D eigenvalue weighted by molar-refractivity contribution is 7.99. The first kappa shape index (κ1) is 14.4. The van der Waals surface area contributed by atoms with Crippen molar-refractivity contribution in [3.63, 3.8) is 0 Å². The molecule has 96 valence electrons. The Bertz CT molecular complexity index is 363. The first-order chi connectivity index (χ1) is 8.10. The van der Waals surface area contributed by atoms with Gasteiger partial charge < -0.3 is 9.84 Å². The molecule has 17 heavy (non-hydrogen) atoms. The van der Waals surface area contributed by atoms with Gasteiger partial charge in [0.05, 0.1) is 13.2 Å². The summed E-state index contributed by atoms with van der Waals surface area (Å²) in [7, 11) is 1.68. The third kappa shape index (κ3) is 3.93. The van der Waals surface area contributed by atoms with E-state index in [4.69, 9.17) is 4.74 Å². The van der Waals surface area contributed by atoms with Gasteiger partial charge in [0.15, 0.2) is 0 Å². The zero-order chi connectivity index (χ0) is 12.8. The Morgan fingerprint density at radius 3 is 2.59 bits per heavy atom. The Labute approximate surface area is 108 Å². The van der Waals surface area contributed by atoms with Gasteiger partial charge >= 0.3 is 0 Å². The minimum absolute atomic E-state index is 0.362. The Morgan fingerprint density at radius 1 is 1.29 bits per heavy atom. The Balaban J connectivity index is 2.79. The van der Waals surface area contributed by atoms with Gasteiger partial charge in [-0.25, -0.2) is 0 Å². The highest BCUT2D eigenvalue weighted by Crippen LogP contribution is 2.28. The van der Waals surface area contributed by atoms with Crippen LogP contribution in [0.3, 0.4) is 0 Å². The molecule has 0 heterocycles. The van der Waals surface area contributed by atoms with Crippen LogP contribution in [-0.2, 0) is 0 Å². The lowest BCUT2D eigenvalue weighted by Gasteiger charge is -2.16. The van der Waals surface area contributed by atoms with Gasteiger partial charge in [-0.3, -0.25) is 0 Å². The number of aliphatic hydroxyl groups excluding tert-OH is 1. The van der Waals surface area contributed by atoms with Gasteiger partial charge in [0.2, 0.25) is 0 Å². The summed E-state index contributed by atoms with van der Waals surface area (Å²) in [5.41, 5.74) is 3.21. The normalized spacial score (nSPS) is 12.5. The third-order valence-electron chi connectivity index (χ3n) is 2.88. The molecule has 0 bridgehead atoms. The molecule has 1 aromatic rings. The molecule has 0 amide bonds. The monoisotopic (exact) mass is 254 g/mol. The highest BCUT2D eigenvalue weighted by Gasteiger charge is 2.12. The van der Waals surface area contributed by atoms with Gasteiger partial charge in [-0.1, -0.05) is 6.92 Å². The number of hydrogen-bond donors (Lipinski definition) is 1. The van der Waals surface area contributed by atoms with Crippen LogP contribution in [0.1, 0.15) is 36.1 Å². The standard InChI is InChI=1S/C14H22O2S/c1-5-17-7-6-13(15)12-8-11(3)14(16-4)9-10(12)2/h8-9,13,15H,5-7H2,1-4H3. The van der Waals surface area contributed by atoms with Gasteiger partial charge in [0.25, 0.3) is 0 Å². The summed E-state index contributed by atoms with van der Waals surface area (Å²) in [6.45, 7) is 6.17. The van der Waals surface area contributed by atoms with Crippen molar-refractivity contribution in [2.24, 2.45) is 0 Å². The van der Waals surface area contributed by atoms with Crippen LogP contribution in [0.15, 0.2) is 12.1 Å². The van der Waals surface area contributed by atoms with E-state index in [2.05, 4.69) is 6.92 Å². The molecule has 0 fully saturated rings. The SMILES string of the molecule is CCSCCC(O)c1cc(C)c(OC)cc1C. The Morgan fingerprint density at radius 2 is 2.00 bits per heavy atom. The fourth-order valence-corrected chi connectivity index (χ4v) is 2.56. The number of benzene rings is 1. The van der Waals surface area contributed by atoms with Crippen molar-refractivity contribution in [1.82, 2.24) is 0 Å². The molecule has 0 saturated heterocycles. The van der Waals surface area contributed by atoms with E-state index in [1.807, 2.05) is 37.7 Å². The Hall–Kier alpha value is -0.670. The quantitative estimate of drug-likeness (QED) is 0.788. The molecule has 0 aliphatic carbocycles. The van der Waals surface area contributed by atoms with E-state index in [1.54, 1.807) is 7.11 Å². The number of rotatable bonds is 6. The van der Waals surface area contributed by atoms with E-state index in [1.165, 1.54) is 0 Å². The van der Waals surface area contributed by atoms with Crippen molar-refractivity contribution >= 4 is 11.8 Å². The summed E-state index contributed by atoms with van der Waals surface area (Å²) in [5, 5.41) is 10.2. The molecule has 0 radical (unpaired) electrons. The molecule has 1 atom stereocenters. The zero-order valence-electron chi connectivity index (χ0n) is 11.1. The second-order valence-corrected chi connectivity index (χ2v) is 5.57. The van der Waals surface area contributed by atoms with Crippen LogP contribution in [0.4, 0.5) is 0 Å². The molecule has 1 aromatic carbocycles. The number of thioether (sulfide) groups is 1. The van der Waals surface area contributed by atoms with Crippen molar-refractivity contribution in [2.45, 2.75) is 33.3 Å². The maximum Gasteiger partial charge on any atom is 0.122 e. The van der Waals surface area contributed by atoms with E-state index in [9.17, 15) is 5.11 Å². The fraction of sp³-hybridized carbons (Fsp3) is 0.571. The van der Waals surface area contributed by atoms with Crippen molar-refractivity contribution in [3.8, 4) is 5.75 Å². The van der Waals surface area contributed by atoms with E-state index in [0.717, 1.165) is 40.4 Å². The van der Waals surface area contributed by atoms with Crippen LogP contribution in [0.25, 0.3) is 0 Å². The van der Waals surface area contributed by atoms with Crippen LogP contribution < -0.4 is 4.74 Å². The average Bonchev–Trinajstić information content (AvgIpc) is 2.31. The maximum atomic E-state index is 10.2. The second kappa shape index (κ2) is 6.92. The van der Waals surface area contributed by atoms with Crippen LogP contribution in [0, 0.1) is 13.8 Å². The topological polar surface area (TPSA) is 29.5 Å². The summed E-state index contributed by atoms with van der Waals surface area (Å²) in [6, 6.07) is 4.04. The molecule has 0 aromatic heterocycles. The predicted octanol–water partition coefficient (Wildman–Crippen LogP) is 3.49. The molecule has 1 unspecified atom stereocenters. The van der Waals surface area contributed by atoms with Crippen LogP contribution in [-0.4, -0.2) is 23.7 Å². The number of aliphatic hydroxyl groups is 1. The van der Waals surface area contributed by atoms with E-state index >= 15 is 0 Å². The highest BCUT2D eigenvalue weighted by atomic mass is 32.2. The third-order valence-corrected chi connectivity index (χ3v) is 3.81. The van der Waals surface area contributed by atoms with E-state index in [0.29, 0.717) is 0 Å². The van der Waals surface area contributed by atoms with Crippen molar-refractivity contribution in [2.75, 3.05) is 18.6 Å². The van der Waals surface area contributed by atoms with Gasteiger partial charge in [0, 0.05) is 0 Å². The first-order valence-electron chi connectivity index (χ1n) is 6.01. The van der Waals surface area contributed by atoms with Crippen molar-refractivity contribution < 1.29 is 9.84 Å². The van der Waals surface area contributed by atoms with Gasteiger partial charge in [-0.2, -0.15) is 11.8 Å². The molecule has 1 rings (SSSR count). The van der Waals surface area contributed by atoms with E-state index in [-0.39, 0.29) is 6.10 Å². The molecule has 0 aliphatic rings. The van der Waals surface area contributed by atoms with Crippen LogP contribution >= 0.6 is 11.8 Å². The van der Waals surface area contributed by atoms with Gasteiger partial charge in [-0.15, -0.1) is 0 Å². The van der Waals surface area contributed by atoms with E-state index < -0.39 is 0 Å². The molecule has 0 spiro atoms. The molecular weight excluding hydrogens is 232 g/mol. The lowest BCUT2D eigenvalue weighted by Crippen LogP contribution is -2.03. The lowest BCUT2D eigenvalue weighted by atomic mass is 9.98. The van der Waals surface area contributed by atoms with Crippen molar-refractivity contribution in [3.05, 3.63) is 28.8 Å². The summed E-state index contributed by atoms with van der Waals surface area (Å²) >= 11 is 1.86. The minimum atomic E-state index is -0.362. The second-order valence-electron chi connectivity index (χ2n) is 4.18. The molecule has 3 heteroatoms. The molecule has 0 saturated carbocycles. The fourth-order valence-electron chi connectivity index (χ4n) is 1.89. The molecule has 1 N–H and O–H groups in total. The smallest absolute Gasteiger partial charge is 0.122 e. The predicted molar refractivity (Wildman–Crippen MR) is 75.0 cm³/mol. The van der Waals surface area contributed by atoms with Gasteiger partial charge in [-0.05, 0) is 60.6 Å². The first-order valence-corrected chi connectivity index (χ1v) is 7.16. The van der Waals surface area contributed by atoms with Crippen LogP contribution in [0.5, 0.6) is 5.75 Å². The van der Waals surface area contributed by atoms with Crippen LogP contribution in [0.2, 0.25) is 0 Å². The number of aryl methyl sites for hydroxylation is 2. The number of methoxy groups -OCH3 is 1. The largest absolute Gasteiger partial charge is 0.496 e. The summed E-state index contributed by atoms with van der Waals surface area (Å²) in [5.74, 6) is 3.00. The van der Waals surface area contributed by atoms with Gasteiger partial charge in [0.1, 0.15) is 5.75 Å². The molecule has 0 aliphatic heterocycles. The minimum Gasteiger partial charge on any atom is -0.496 e. The zero-order valence-corrected chi connectivity index (χ0v) is 11.9. The number of ether oxygens (including phenoxy) is 1. The summed E-state index contributed by atoms with van der Waals surface area (Å²) in [6.07, 6.45) is 0.448. The maximum absolute atomic E-state index is 10.2. The molecule has 2 nitrogen and oxygen atoms in total.